The van der Waals surface area contributed by atoms with Crippen LogP contribution in [0.4, 0.5) is 0 Å². The van der Waals surface area contributed by atoms with Gasteiger partial charge in [0.1, 0.15) is 12.3 Å². The van der Waals surface area contributed by atoms with E-state index in [1.165, 1.54) is 24.1 Å². The van der Waals surface area contributed by atoms with Crippen molar-refractivity contribution >= 4 is 27.4 Å². The van der Waals surface area contributed by atoms with Gasteiger partial charge in [-0.2, -0.15) is 5.10 Å². The van der Waals surface area contributed by atoms with Crippen molar-refractivity contribution in [3.8, 4) is 0 Å². The Kier molecular flexibility index (Phi) is 7.45. The SMILES string of the molecule is C/C(C[C@@]1(C)CCC2C3CCC4=C/C(=N/OCc5cccc(Br)c5)C=CC4(C)C3C(O)CC21C)=N\N(C)C. The molecule has 5 nitrogen and oxygen atoms in total. The van der Waals surface area contributed by atoms with E-state index in [0.29, 0.717) is 18.4 Å². The van der Waals surface area contributed by atoms with E-state index in [2.05, 4.69) is 73.1 Å². The molecule has 4 aliphatic carbocycles. The van der Waals surface area contributed by atoms with E-state index in [1.54, 1.807) is 0 Å². The molecule has 6 heteroatoms. The molecule has 7 atom stereocenters. The van der Waals surface area contributed by atoms with Crippen LogP contribution in [0.5, 0.6) is 0 Å². The van der Waals surface area contributed by atoms with Gasteiger partial charge in [-0.25, -0.2) is 0 Å². The first-order valence-electron chi connectivity index (χ1n) is 14.2. The van der Waals surface area contributed by atoms with Crippen molar-refractivity contribution in [3.63, 3.8) is 0 Å². The Morgan fingerprint density at radius 2 is 2.00 bits per heavy atom. The van der Waals surface area contributed by atoms with Crippen molar-refractivity contribution in [1.82, 2.24) is 5.01 Å². The molecule has 0 heterocycles. The maximum Gasteiger partial charge on any atom is 0.142 e. The summed E-state index contributed by atoms with van der Waals surface area (Å²) in [4.78, 5) is 5.71. The zero-order chi connectivity index (χ0) is 27.3. The average Bonchev–Trinajstić information content (AvgIpc) is 3.08. The van der Waals surface area contributed by atoms with Crippen LogP contribution in [0, 0.1) is 34.0 Å². The molecule has 1 N–H and O–H groups in total. The van der Waals surface area contributed by atoms with E-state index in [-0.39, 0.29) is 28.3 Å². The first-order chi connectivity index (χ1) is 17.9. The second-order valence-corrected chi connectivity index (χ2v) is 14.1. The second kappa shape index (κ2) is 10.2. The molecule has 206 valence electrons. The minimum Gasteiger partial charge on any atom is -0.393 e. The summed E-state index contributed by atoms with van der Waals surface area (Å²) in [5, 5.41) is 22.9. The molecular weight excluding hydrogens is 538 g/mol. The number of fused-ring (bicyclic) bond motifs is 5. The molecule has 3 saturated carbocycles. The molecule has 5 rings (SSSR count). The van der Waals surface area contributed by atoms with Gasteiger partial charge in [-0.3, -0.25) is 0 Å². The van der Waals surface area contributed by atoms with Gasteiger partial charge in [-0.15, -0.1) is 0 Å². The Bertz CT molecular complexity index is 1190. The lowest BCUT2D eigenvalue weighted by atomic mass is 9.45. The van der Waals surface area contributed by atoms with E-state index in [9.17, 15) is 5.11 Å². The highest BCUT2D eigenvalue weighted by Crippen LogP contribution is 2.70. The maximum atomic E-state index is 11.8. The lowest BCUT2D eigenvalue weighted by molar-refractivity contribution is -0.130. The third-order valence-electron chi connectivity index (χ3n) is 10.6. The quantitative estimate of drug-likeness (QED) is 0.282. The zero-order valence-corrected chi connectivity index (χ0v) is 25.5. The van der Waals surface area contributed by atoms with E-state index in [4.69, 9.17) is 9.94 Å². The fourth-order valence-electron chi connectivity index (χ4n) is 8.77. The van der Waals surface area contributed by atoms with Crippen LogP contribution in [0.1, 0.15) is 71.8 Å². The van der Waals surface area contributed by atoms with Crippen molar-refractivity contribution in [2.24, 2.45) is 44.3 Å². The molecule has 3 fully saturated rings. The third-order valence-corrected chi connectivity index (χ3v) is 11.1. The molecule has 0 spiro atoms. The Morgan fingerprint density at radius 3 is 2.74 bits per heavy atom. The zero-order valence-electron chi connectivity index (χ0n) is 23.9. The molecule has 0 bridgehead atoms. The summed E-state index contributed by atoms with van der Waals surface area (Å²) in [6, 6.07) is 8.11. The number of rotatable bonds is 6. The van der Waals surface area contributed by atoms with Crippen molar-refractivity contribution in [3.05, 3.63) is 58.1 Å². The highest BCUT2D eigenvalue weighted by Gasteiger charge is 2.64. The highest BCUT2D eigenvalue weighted by atomic mass is 79.9. The van der Waals surface area contributed by atoms with Crippen LogP contribution >= 0.6 is 15.9 Å². The Hall–Kier alpha value is -1.92. The number of oxime groups is 1. The first kappa shape index (κ1) is 27.6. The molecule has 1 aromatic carbocycles. The lowest BCUT2D eigenvalue weighted by Crippen LogP contribution is -2.57. The predicted octanol–water partition coefficient (Wildman–Crippen LogP) is 7.37. The number of aliphatic hydroxyl groups excluding tert-OH is 1. The van der Waals surface area contributed by atoms with Gasteiger partial charge >= 0.3 is 0 Å². The second-order valence-electron chi connectivity index (χ2n) is 13.2. The van der Waals surface area contributed by atoms with E-state index in [1.807, 2.05) is 37.3 Å². The Balaban J connectivity index is 1.34. The number of allylic oxidation sites excluding steroid dienone is 4. The number of hydrogen-bond donors (Lipinski definition) is 1. The Labute approximate surface area is 237 Å². The number of hydrazone groups is 1. The fraction of sp³-hybridized carbons (Fsp3) is 0.625. The van der Waals surface area contributed by atoms with Crippen LogP contribution < -0.4 is 0 Å². The van der Waals surface area contributed by atoms with E-state index >= 15 is 0 Å². The van der Waals surface area contributed by atoms with Gasteiger partial charge < -0.3 is 15.0 Å². The number of aliphatic hydroxyl groups is 1. The number of benzene rings is 1. The summed E-state index contributed by atoms with van der Waals surface area (Å²) in [6.07, 6.45) is 12.9. The van der Waals surface area contributed by atoms with Crippen molar-refractivity contribution in [2.75, 3.05) is 14.1 Å². The molecular formula is C32H44BrN3O2. The normalized spacial score (nSPS) is 39.3. The van der Waals surface area contributed by atoms with Crippen LogP contribution in [0.3, 0.4) is 0 Å². The third kappa shape index (κ3) is 4.81. The standard InChI is InChI=1S/C32H44BrN3O2/c1-21(34-36(5)6)18-30(2)14-13-27-26-11-10-23-17-25(35-38-20-22-8-7-9-24(33)16-22)12-15-31(23,3)29(26)28(37)19-32(27,30)4/h7-9,12,15-17,26-29,37H,10-11,13-14,18-20H2,1-6H3/b34-21+,35-25+/t26?,27?,28?,29?,30-,31?,32?/m1/s1. The first-order valence-corrected chi connectivity index (χ1v) is 15.0. The van der Waals surface area contributed by atoms with Gasteiger partial charge in [0.15, 0.2) is 0 Å². The van der Waals surface area contributed by atoms with Crippen LogP contribution in [-0.2, 0) is 11.4 Å². The molecule has 1 aromatic rings. The van der Waals surface area contributed by atoms with E-state index in [0.717, 1.165) is 41.4 Å². The van der Waals surface area contributed by atoms with Gasteiger partial charge in [0.05, 0.1) is 6.10 Å². The summed E-state index contributed by atoms with van der Waals surface area (Å²) in [5.41, 5.74) is 4.70. The van der Waals surface area contributed by atoms with Gasteiger partial charge in [-0.1, -0.05) is 65.6 Å². The van der Waals surface area contributed by atoms with Crippen molar-refractivity contribution in [2.45, 2.75) is 78.9 Å². The summed E-state index contributed by atoms with van der Waals surface area (Å²) >= 11 is 3.51. The molecule has 0 saturated heterocycles. The van der Waals surface area contributed by atoms with Crippen LogP contribution in [-0.4, -0.2) is 41.7 Å². The van der Waals surface area contributed by atoms with Crippen LogP contribution in [0.2, 0.25) is 0 Å². The fourth-order valence-corrected chi connectivity index (χ4v) is 9.21. The van der Waals surface area contributed by atoms with Crippen molar-refractivity contribution < 1.29 is 9.94 Å². The van der Waals surface area contributed by atoms with Crippen molar-refractivity contribution in [1.29, 1.82) is 0 Å². The lowest BCUT2D eigenvalue weighted by Gasteiger charge is -2.60. The van der Waals surface area contributed by atoms with Gasteiger partial charge in [0.25, 0.3) is 0 Å². The predicted molar refractivity (Wildman–Crippen MR) is 159 cm³/mol. The topological polar surface area (TPSA) is 57.4 Å². The largest absolute Gasteiger partial charge is 0.393 e. The minimum atomic E-state index is -0.311. The smallest absolute Gasteiger partial charge is 0.142 e. The summed E-state index contributed by atoms with van der Waals surface area (Å²) < 4.78 is 1.04. The van der Waals surface area contributed by atoms with Gasteiger partial charge in [0, 0.05) is 35.6 Å². The summed E-state index contributed by atoms with van der Waals surface area (Å²) in [5.74, 6) is 1.43. The average molecular weight is 583 g/mol. The van der Waals surface area contributed by atoms with E-state index < -0.39 is 0 Å². The highest BCUT2D eigenvalue weighted by molar-refractivity contribution is 9.10. The molecule has 0 amide bonds. The molecule has 0 radical (unpaired) electrons. The maximum absolute atomic E-state index is 11.8. The monoisotopic (exact) mass is 581 g/mol. The molecule has 6 unspecified atom stereocenters. The number of hydrogen-bond acceptors (Lipinski definition) is 5. The minimum absolute atomic E-state index is 0.125. The number of halogens is 1. The Morgan fingerprint density at radius 1 is 1.21 bits per heavy atom. The van der Waals surface area contributed by atoms with Crippen LogP contribution in [0.25, 0.3) is 0 Å². The molecule has 0 aromatic heterocycles. The molecule has 4 aliphatic rings. The molecule has 0 aliphatic heterocycles. The summed E-state index contributed by atoms with van der Waals surface area (Å²) in [6.45, 7) is 9.89. The number of nitrogens with zero attached hydrogens (tertiary/aromatic N) is 3. The van der Waals surface area contributed by atoms with Gasteiger partial charge in [-0.05, 0) is 98.0 Å². The summed E-state index contributed by atoms with van der Waals surface area (Å²) in [7, 11) is 3.99. The van der Waals surface area contributed by atoms with Crippen LogP contribution in [0.15, 0.2) is 62.8 Å². The van der Waals surface area contributed by atoms with Gasteiger partial charge in [0.2, 0.25) is 0 Å². The molecule has 38 heavy (non-hydrogen) atoms.